The molecule has 2 atom stereocenters. The van der Waals surface area contributed by atoms with E-state index in [9.17, 15) is 9.90 Å². The first-order valence-corrected chi connectivity index (χ1v) is 10.9. The van der Waals surface area contributed by atoms with Gasteiger partial charge in [0.05, 0.1) is 38.5 Å². The molecule has 3 aromatic rings. The third-order valence-electron chi connectivity index (χ3n) is 6.55. The van der Waals surface area contributed by atoms with Crippen LogP contribution in [0.5, 0.6) is 17.2 Å². The zero-order valence-electron chi connectivity index (χ0n) is 19.0. The average molecular weight is 442 g/mol. The van der Waals surface area contributed by atoms with E-state index in [1.54, 1.807) is 33.5 Å². The van der Waals surface area contributed by atoms with E-state index >= 15 is 0 Å². The molecule has 32 heavy (non-hydrogen) atoms. The number of likely N-dealkylation sites (tertiary alicyclic amines) is 1. The van der Waals surface area contributed by atoms with E-state index in [1.165, 1.54) is 0 Å². The molecule has 0 radical (unpaired) electrons. The van der Waals surface area contributed by atoms with Gasteiger partial charge in [-0.3, -0.25) is 9.47 Å². The predicted octanol–water partition coefficient (Wildman–Crippen LogP) is 3.11. The topological polar surface area (TPSA) is 89.0 Å². The summed E-state index contributed by atoms with van der Waals surface area (Å²) in [6, 6.07) is 11.4. The van der Waals surface area contributed by atoms with Crippen LogP contribution in [0, 0.1) is 0 Å². The minimum absolute atomic E-state index is 0.0600. The number of methoxy groups -OCH3 is 3. The number of aromatic amines is 1. The number of aromatic nitrogens is 2. The lowest BCUT2D eigenvalue weighted by atomic mass is 9.97. The molecule has 2 aromatic carbocycles. The maximum absolute atomic E-state index is 12.5. The minimum atomic E-state index is -0.726. The average Bonchev–Trinajstić information content (AvgIpc) is 3.17. The van der Waals surface area contributed by atoms with Gasteiger partial charge >= 0.3 is 5.69 Å². The predicted molar refractivity (Wildman–Crippen MR) is 123 cm³/mol. The monoisotopic (exact) mass is 441 g/mol. The van der Waals surface area contributed by atoms with E-state index in [0.29, 0.717) is 22.8 Å². The lowest BCUT2D eigenvalue weighted by molar-refractivity contribution is 0.0383. The highest BCUT2D eigenvalue weighted by Crippen LogP contribution is 2.41. The number of nitrogens with one attached hydrogen (secondary N) is 1. The van der Waals surface area contributed by atoms with Gasteiger partial charge in [0, 0.05) is 25.2 Å². The zero-order chi connectivity index (χ0) is 22.8. The number of hydrogen-bond donors (Lipinski definition) is 2. The first-order chi connectivity index (χ1) is 15.5. The Balaban J connectivity index is 1.49. The van der Waals surface area contributed by atoms with Crippen LogP contribution in [0.15, 0.2) is 41.2 Å². The van der Waals surface area contributed by atoms with E-state index in [1.807, 2.05) is 35.8 Å². The van der Waals surface area contributed by atoms with Crippen molar-refractivity contribution < 1.29 is 19.3 Å². The van der Waals surface area contributed by atoms with Gasteiger partial charge in [0.15, 0.2) is 11.5 Å². The van der Waals surface area contributed by atoms with Crippen LogP contribution in [0.2, 0.25) is 0 Å². The quantitative estimate of drug-likeness (QED) is 0.586. The Bertz CT molecular complexity index is 1110. The van der Waals surface area contributed by atoms with Crippen molar-refractivity contribution in [2.75, 3.05) is 34.4 Å². The van der Waals surface area contributed by atoms with E-state index in [2.05, 4.69) is 9.88 Å². The largest absolute Gasteiger partial charge is 0.493 e. The summed E-state index contributed by atoms with van der Waals surface area (Å²) >= 11 is 0. The molecular formula is C24H31N3O5. The minimum Gasteiger partial charge on any atom is -0.493 e. The molecule has 1 aliphatic heterocycles. The van der Waals surface area contributed by atoms with Gasteiger partial charge in [-0.2, -0.15) is 0 Å². The summed E-state index contributed by atoms with van der Waals surface area (Å²) in [4.78, 5) is 17.8. The molecule has 8 nitrogen and oxygen atoms in total. The molecule has 0 unspecified atom stereocenters. The molecule has 0 saturated carbocycles. The molecule has 1 saturated heterocycles. The summed E-state index contributed by atoms with van der Waals surface area (Å²) in [5, 5.41) is 11.1. The van der Waals surface area contributed by atoms with Crippen molar-refractivity contribution in [1.82, 2.24) is 14.5 Å². The second-order valence-electron chi connectivity index (χ2n) is 8.23. The molecule has 1 aliphatic rings. The number of aliphatic hydroxyl groups is 1. The van der Waals surface area contributed by atoms with Crippen LogP contribution in [0.3, 0.4) is 0 Å². The number of hydrogen-bond acceptors (Lipinski definition) is 6. The fourth-order valence-electron chi connectivity index (χ4n) is 4.74. The van der Waals surface area contributed by atoms with E-state index in [4.69, 9.17) is 14.2 Å². The number of nitrogens with zero attached hydrogens (tertiary/aromatic N) is 2. The van der Waals surface area contributed by atoms with Crippen molar-refractivity contribution in [2.24, 2.45) is 0 Å². The third kappa shape index (κ3) is 3.96. The van der Waals surface area contributed by atoms with Crippen LogP contribution in [-0.4, -0.2) is 60.0 Å². The molecule has 0 spiro atoms. The molecule has 172 valence electrons. The molecule has 8 heteroatoms. The van der Waals surface area contributed by atoms with Crippen LogP contribution < -0.4 is 19.9 Å². The van der Waals surface area contributed by atoms with Gasteiger partial charge in [0.1, 0.15) is 0 Å². The number of rotatable bonds is 7. The Kier molecular flexibility index (Phi) is 6.43. The summed E-state index contributed by atoms with van der Waals surface area (Å²) in [7, 11) is 4.69. The summed E-state index contributed by atoms with van der Waals surface area (Å²) in [6.45, 7) is 3.60. The van der Waals surface area contributed by atoms with Crippen molar-refractivity contribution in [2.45, 2.75) is 38.0 Å². The molecule has 0 amide bonds. The molecule has 0 bridgehead atoms. The van der Waals surface area contributed by atoms with Crippen molar-refractivity contribution in [3.63, 3.8) is 0 Å². The van der Waals surface area contributed by atoms with Gasteiger partial charge in [-0.25, -0.2) is 4.79 Å². The second-order valence-corrected chi connectivity index (χ2v) is 8.23. The first-order valence-electron chi connectivity index (χ1n) is 10.9. The summed E-state index contributed by atoms with van der Waals surface area (Å²) in [5.74, 6) is 1.54. The molecule has 1 fully saturated rings. The highest BCUT2D eigenvalue weighted by Gasteiger charge is 2.30. The number of ether oxygens (including phenoxy) is 3. The van der Waals surface area contributed by atoms with Crippen molar-refractivity contribution >= 4 is 11.0 Å². The fraction of sp³-hybridized carbons (Fsp3) is 0.458. The van der Waals surface area contributed by atoms with Crippen molar-refractivity contribution in [3.8, 4) is 17.2 Å². The standard InChI is InChI=1S/C24H31N3O5/c1-15(22(28)16-13-20(30-2)23(32-4)21(14-16)31-3)26-11-9-17(10-12-26)27-19-8-6-5-7-18(19)25-24(27)29/h5-8,13-15,17,22,28H,9-12H2,1-4H3,(H,25,29)/t15-,22+/m1/s1. The van der Waals surface area contributed by atoms with Crippen molar-refractivity contribution in [1.29, 1.82) is 0 Å². The number of imidazole rings is 1. The Morgan fingerprint density at radius 3 is 2.25 bits per heavy atom. The lowest BCUT2D eigenvalue weighted by Crippen LogP contribution is -2.44. The molecule has 0 aliphatic carbocycles. The van der Waals surface area contributed by atoms with E-state index < -0.39 is 6.10 Å². The number of aliphatic hydroxyl groups excluding tert-OH is 1. The fourth-order valence-corrected chi connectivity index (χ4v) is 4.74. The number of fused-ring (bicyclic) bond motifs is 1. The summed E-state index contributed by atoms with van der Waals surface area (Å²) in [6.07, 6.45) is 0.957. The van der Waals surface area contributed by atoms with E-state index in [0.717, 1.165) is 37.0 Å². The molecule has 2 heterocycles. The normalized spacial score (nSPS) is 17.3. The molecule has 2 N–H and O–H groups in total. The maximum atomic E-state index is 12.5. The van der Waals surface area contributed by atoms with Crippen molar-refractivity contribution in [3.05, 3.63) is 52.4 Å². The van der Waals surface area contributed by atoms with Crippen LogP contribution in [0.25, 0.3) is 11.0 Å². The van der Waals surface area contributed by atoms with Gasteiger partial charge in [-0.1, -0.05) is 12.1 Å². The SMILES string of the molecule is COc1cc([C@@H](O)[C@@H](C)N2CCC(n3c(=O)[nH]c4ccccc43)CC2)cc(OC)c1OC. The van der Waals surface area contributed by atoms with Gasteiger partial charge < -0.3 is 24.3 Å². The smallest absolute Gasteiger partial charge is 0.326 e. The Morgan fingerprint density at radius 1 is 1.03 bits per heavy atom. The van der Waals surface area contributed by atoms with Gasteiger partial charge in [0.2, 0.25) is 5.75 Å². The molecule has 1 aromatic heterocycles. The number of benzene rings is 2. The van der Waals surface area contributed by atoms with Crippen LogP contribution >= 0.6 is 0 Å². The van der Waals surface area contributed by atoms with Gasteiger partial charge in [0.25, 0.3) is 0 Å². The number of H-pyrrole nitrogens is 1. The summed E-state index contributed by atoms with van der Waals surface area (Å²) in [5.41, 5.74) is 2.46. The Hall–Kier alpha value is -2.97. The van der Waals surface area contributed by atoms with Crippen LogP contribution in [-0.2, 0) is 0 Å². The van der Waals surface area contributed by atoms with E-state index in [-0.39, 0.29) is 17.8 Å². The highest BCUT2D eigenvalue weighted by molar-refractivity contribution is 5.75. The number of para-hydroxylation sites is 2. The first kappa shape index (κ1) is 22.2. The maximum Gasteiger partial charge on any atom is 0.326 e. The highest BCUT2D eigenvalue weighted by atomic mass is 16.5. The zero-order valence-corrected chi connectivity index (χ0v) is 19.0. The van der Waals surface area contributed by atoms with Gasteiger partial charge in [-0.05, 0) is 49.6 Å². The molecule has 4 rings (SSSR count). The Morgan fingerprint density at radius 2 is 1.66 bits per heavy atom. The molecular weight excluding hydrogens is 410 g/mol. The van der Waals surface area contributed by atoms with Crippen LogP contribution in [0.1, 0.15) is 37.5 Å². The van der Waals surface area contributed by atoms with Gasteiger partial charge in [-0.15, -0.1) is 0 Å². The summed E-state index contributed by atoms with van der Waals surface area (Å²) < 4.78 is 18.1. The van der Waals surface area contributed by atoms with Crippen LogP contribution in [0.4, 0.5) is 0 Å². The number of piperidine rings is 1. The third-order valence-corrected chi connectivity index (χ3v) is 6.55. The second kappa shape index (κ2) is 9.26. The lowest BCUT2D eigenvalue weighted by Gasteiger charge is -2.38. The Labute approximate surface area is 187 Å².